The topological polar surface area (TPSA) is 60.9 Å². The monoisotopic (exact) mass is 366 g/mol. The number of nitrogens with zero attached hydrogens (tertiary/aromatic N) is 2. The van der Waals surface area contributed by atoms with Crippen LogP contribution >= 0.6 is 0 Å². The molecule has 2 aromatic rings. The van der Waals surface area contributed by atoms with Gasteiger partial charge in [-0.1, -0.05) is 18.2 Å². The highest BCUT2D eigenvalue weighted by atomic mass is 16.5. The van der Waals surface area contributed by atoms with Gasteiger partial charge in [0.1, 0.15) is 17.1 Å². The van der Waals surface area contributed by atoms with Crippen molar-refractivity contribution < 1.29 is 19.0 Å². The zero-order chi connectivity index (χ0) is 18.3. The van der Waals surface area contributed by atoms with Gasteiger partial charge in [0.25, 0.3) is 5.91 Å². The quantitative estimate of drug-likeness (QED) is 0.829. The normalized spacial score (nSPS) is 25.0. The highest BCUT2D eigenvalue weighted by Gasteiger charge is 2.55. The summed E-state index contributed by atoms with van der Waals surface area (Å²) < 4.78 is 17.8. The molecule has 2 atom stereocenters. The number of carbonyl (C=O) groups excluding carboxylic acids is 1. The van der Waals surface area contributed by atoms with Crippen molar-refractivity contribution in [1.82, 2.24) is 9.88 Å². The molecule has 3 aliphatic heterocycles. The maximum atomic E-state index is 12.8. The van der Waals surface area contributed by atoms with Crippen LogP contribution in [0.1, 0.15) is 12.0 Å². The number of hydrogen-bond donors (Lipinski definition) is 0. The predicted octanol–water partition coefficient (Wildman–Crippen LogP) is 2.08. The highest BCUT2D eigenvalue weighted by molar-refractivity contribution is 5.83. The van der Waals surface area contributed by atoms with Gasteiger partial charge in [0.15, 0.2) is 6.10 Å². The fourth-order valence-corrected chi connectivity index (χ4v) is 4.28. The standard InChI is InChI=1S/C21H22N2O4/c24-20(19-10-15-4-1-2-6-18(15)27-19)23-13-21(14-23)16(7-9-26-21)12-25-17-5-3-8-22-11-17/h1-6,8,11,16,19H,7,9-10,12-14H2/t16-,19+/m0/s1. The van der Waals surface area contributed by atoms with Crippen LogP contribution < -0.4 is 9.47 Å². The van der Waals surface area contributed by atoms with Crippen molar-refractivity contribution in [3.05, 3.63) is 54.4 Å². The summed E-state index contributed by atoms with van der Waals surface area (Å²) in [7, 11) is 0. The number of fused-ring (bicyclic) bond motifs is 1. The third kappa shape index (κ3) is 2.94. The van der Waals surface area contributed by atoms with Crippen LogP contribution in [0.2, 0.25) is 0 Å². The van der Waals surface area contributed by atoms with Crippen molar-refractivity contribution >= 4 is 5.91 Å². The van der Waals surface area contributed by atoms with Gasteiger partial charge in [-0.3, -0.25) is 9.78 Å². The number of pyridine rings is 1. The molecule has 0 radical (unpaired) electrons. The summed E-state index contributed by atoms with van der Waals surface area (Å²) in [5, 5.41) is 0. The summed E-state index contributed by atoms with van der Waals surface area (Å²) >= 11 is 0. The molecule has 3 aliphatic rings. The fraction of sp³-hybridized carbons (Fsp3) is 0.429. The summed E-state index contributed by atoms with van der Waals surface area (Å²) in [5.74, 6) is 1.93. The first-order valence-electron chi connectivity index (χ1n) is 9.44. The molecule has 4 heterocycles. The van der Waals surface area contributed by atoms with Gasteiger partial charge in [0, 0.05) is 25.1 Å². The Hall–Kier alpha value is -2.60. The fourth-order valence-electron chi connectivity index (χ4n) is 4.28. The predicted molar refractivity (Wildman–Crippen MR) is 97.7 cm³/mol. The molecule has 0 N–H and O–H groups in total. The van der Waals surface area contributed by atoms with Crippen molar-refractivity contribution in [3.63, 3.8) is 0 Å². The number of likely N-dealkylation sites (tertiary alicyclic amines) is 1. The van der Waals surface area contributed by atoms with E-state index in [1.807, 2.05) is 41.3 Å². The van der Waals surface area contributed by atoms with E-state index in [-0.39, 0.29) is 17.4 Å². The zero-order valence-electron chi connectivity index (χ0n) is 15.0. The lowest BCUT2D eigenvalue weighted by atomic mass is 9.81. The van der Waals surface area contributed by atoms with E-state index in [1.54, 1.807) is 12.4 Å². The van der Waals surface area contributed by atoms with E-state index in [4.69, 9.17) is 14.2 Å². The molecule has 1 aromatic carbocycles. The number of carbonyl (C=O) groups is 1. The maximum Gasteiger partial charge on any atom is 0.264 e. The van der Waals surface area contributed by atoms with Gasteiger partial charge in [-0.15, -0.1) is 0 Å². The van der Waals surface area contributed by atoms with Crippen molar-refractivity contribution in [1.29, 1.82) is 0 Å². The minimum absolute atomic E-state index is 0.0549. The van der Waals surface area contributed by atoms with Crippen LogP contribution in [-0.2, 0) is 16.0 Å². The first-order valence-corrected chi connectivity index (χ1v) is 9.44. The molecule has 6 heteroatoms. The number of ether oxygens (including phenoxy) is 3. The van der Waals surface area contributed by atoms with Crippen molar-refractivity contribution in [3.8, 4) is 11.5 Å². The number of rotatable bonds is 4. The summed E-state index contributed by atoms with van der Waals surface area (Å²) in [6, 6.07) is 11.6. The molecule has 0 saturated carbocycles. The maximum absolute atomic E-state index is 12.8. The van der Waals surface area contributed by atoms with Gasteiger partial charge in [0.05, 0.1) is 25.9 Å². The van der Waals surface area contributed by atoms with Crippen LogP contribution in [0.3, 0.4) is 0 Å². The lowest BCUT2D eigenvalue weighted by Gasteiger charge is -2.50. The Kier molecular flexibility index (Phi) is 4.01. The number of para-hydroxylation sites is 1. The molecule has 2 fully saturated rings. The Labute approximate surface area is 158 Å². The summed E-state index contributed by atoms with van der Waals surface area (Å²) in [6.45, 7) is 2.53. The molecule has 2 saturated heterocycles. The molecular formula is C21H22N2O4. The smallest absolute Gasteiger partial charge is 0.264 e. The molecule has 5 rings (SSSR count). The lowest BCUT2D eigenvalue weighted by Crippen LogP contribution is -2.68. The summed E-state index contributed by atoms with van der Waals surface area (Å²) in [5.41, 5.74) is 0.828. The van der Waals surface area contributed by atoms with E-state index in [9.17, 15) is 4.79 Å². The molecule has 6 nitrogen and oxygen atoms in total. The Morgan fingerprint density at radius 3 is 2.96 bits per heavy atom. The third-order valence-corrected chi connectivity index (χ3v) is 5.84. The van der Waals surface area contributed by atoms with Gasteiger partial charge in [0.2, 0.25) is 0 Å². The Balaban J connectivity index is 1.18. The SMILES string of the molecule is O=C([C@H]1Cc2ccccc2O1)N1CC2(C1)OCC[C@H]2COc1cccnc1. The van der Waals surface area contributed by atoms with E-state index in [2.05, 4.69) is 4.98 Å². The van der Waals surface area contributed by atoms with E-state index < -0.39 is 6.10 Å². The van der Waals surface area contributed by atoms with Gasteiger partial charge in [-0.05, 0) is 30.2 Å². The Bertz CT molecular complexity index is 810. The molecule has 140 valence electrons. The third-order valence-electron chi connectivity index (χ3n) is 5.84. The zero-order valence-corrected chi connectivity index (χ0v) is 15.0. The average molecular weight is 366 g/mol. The molecule has 0 bridgehead atoms. The van der Waals surface area contributed by atoms with E-state index in [0.717, 1.165) is 23.5 Å². The van der Waals surface area contributed by atoms with Crippen LogP contribution in [0.4, 0.5) is 0 Å². The molecular weight excluding hydrogens is 344 g/mol. The molecule has 1 aromatic heterocycles. The van der Waals surface area contributed by atoms with Crippen molar-refractivity contribution in [2.24, 2.45) is 5.92 Å². The molecule has 0 unspecified atom stereocenters. The minimum atomic E-state index is -0.411. The first-order chi connectivity index (χ1) is 13.2. The van der Waals surface area contributed by atoms with Crippen molar-refractivity contribution in [2.75, 3.05) is 26.3 Å². The molecule has 1 amide bonds. The van der Waals surface area contributed by atoms with Crippen LogP contribution in [0.15, 0.2) is 48.8 Å². The Morgan fingerprint density at radius 1 is 1.26 bits per heavy atom. The largest absolute Gasteiger partial charge is 0.492 e. The van der Waals surface area contributed by atoms with Crippen LogP contribution in [0.25, 0.3) is 0 Å². The van der Waals surface area contributed by atoms with Crippen LogP contribution in [-0.4, -0.2) is 53.8 Å². The van der Waals surface area contributed by atoms with E-state index >= 15 is 0 Å². The molecule has 1 spiro atoms. The second-order valence-electron chi connectivity index (χ2n) is 7.51. The first kappa shape index (κ1) is 16.6. The second kappa shape index (κ2) is 6.53. The van der Waals surface area contributed by atoms with Gasteiger partial charge >= 0.3 is 0 Å². The van der Waals surface area contributed by atoms with Gasteiger partial charge < -0.3 is 19.1 Å². The average Bonchev–Trinajstić information content (AvgIpc) is 3.29. The number of hydrogen-bond acceptors (Lipinski definition) is 5. The lowest BCUT2D eigenvalue weighted by molar-refractivity contribution is -0.172. The number of benzene rings is 1. The second-order valence-corrected chi connectivity index (χ2v) is 7.51. The van der Waals surface area contributed by atoms with E-state index in [0.29, 0.717) is 32.7 Å². The van der Waals surface area contributed by atoms with Gasteiger partial charge in [-0.2, -0.15) is 0 Å². The van der Waals surface area contributed by atoms with Crippen LogP contribution in [0.5, 0.6) is 11.5 Å². The molecule has 27 heavy (non-hydrogen) atoms. The Morgan fingerprint density at radius 2 is 2.15 bits per heavy atom. The van der Waals surface area contributed by atoms with Crippen LogP contribution in [0, 0.1) is 5.92 Å². The molecule has 0 aliphatic carbocycles. The summed E-state index contributed by atoms with van der Waals surface area (Å²) in [4.78, 5) is 18.8. The van der Waals surface area contributed by atoms with Crippen molar-refractivity contribution in [2.45, 2.75) is 24.5 Å². The minimum Gasteiger partial charge on any atom is -0.492 e. The van der Waals surface area contributed by atoms with Gasteiger partial charge in [-0.25, -0.2) is 0 Å². The van der Waals surface area contributed by atoms with E-state index in [1.165, 1.54) is 0 Å². The highest BCUT2D eigenvalue weighted by Crippen LogP contribution is 2.41. The number of amides is 1. The number of aromatic nitrogens is 1. The summed E-state index contributed by atoms with van der Waals surface area (Å²) in [6.07, 6.45) is 4.63.